The van der Waals surface area contributed by atoms with Crippen molar-refractivity contribution in [1.29, 1.82) is 0 Å². The number of aliphatic imine (C=N–C) groups is 2. The molecular formula is C21H18N4O4S. The van der Waals surface area contributed by atoms with Crippen molar-refractivity contribution in [3.8, 4) is 11.5 Å². The van der Waals surface area contributed by atoms with Gasteiger partial charge in [-0.05, 0) is 48.5 Å². The number of benzene rings is 3. The maximum Gasteiger partial charge on any atom is 0.285 e. The summed E-state index contributed by atoms with van der Waals surface area (Å²) in [6.07, 6.45) is 2.70. The number of guanidine groups is 1. The third-order valence-corrected chi connectivity index (χ3v) is 5.21. The molecule has 0 fully saturated rings. The van der Waals surface area contributed by atoms with Crippen LogP contribution >= 0.6 is 0 Å². The fourth-order valence-electron chi connectivity index (χ4n) is 2.38. The highest BCUT2D eigenvalue weighted by Gasteiger charge is 2.13. The molecule has 3 aromatic carbocycles. The van der Waals surface area contributed by atoms with E-state index in [-0.39, 0.29) is 16.4 Å². The summed E-state index contributed by atoms with van der Waals surface area (Å²) >= 11 is 0. The Hall–Kier alpha value is -3.98. The molecule has 0 atom stereocenters. The van der Waals surface area contributed by atoms with Gasteiger partial charge < -0.3 is 15.9 Å². The van der Waals surface area contributed by atoms with Crippen LogP contribution in [0.5, 0.6) is 11.5 Å². The van der Waals surface area contributed by atoms with Crippen LogP contribution in [0.15, 0.2) is 92.1 Å². The van der Waals surface area contributed by atoms with Gasteiger partial charge in [0.15, 0.2) is 0 Å². The third kappa shape index (κ3) is 5.30. The van der Waals surface area contributed by atoms with Crippen molar-refractivity contribution in [3.63, 3.8) is 0 Å². The lowest BCUT2D eigenvalue weighted by atomic mass is 10.2. The zero-order valence-corrected chi connectivity index (χ0v) is 16.4. The number of phenolic OH excluding ortho intramolecular Hbond substituents is 2. The van der Waals surface area contributed by atoms with Crippen molar-refractivity contribution in [3.05, 3.63) is 83.9 Å². The Labute approximate surface area is 173 Å². The zero-order valence-electron chi connectivity index (χ0n) is 15.6. The van der Waals surface area contributed by atoms with Crippen LogP contribution < -0.4 is 5.73 Å². The number of sulfonamides is 1. The largest absolute Gasteiger partial charge is 0.507 e. The van der Waals surface area contributed by atoms with Gasteiger partial charge in [0.05, 0.1) is 10.6 Å². The minimum Gasteiger partial charge on any atom is -0.507 e. The molecule has 0 bridgehead atoms. The number of para-hydroxylation sites is 2. The monoisotopic (exact) mass is 422 g/mol. The number of hydrogen-bond acceptors (Lipinski definition) is 5. The van der Waals surface area contributed by atoms with Crippen LogP contribution in [0.2, 0.25) is 0 Å². The Morgan fingerprint density at radius 1 is 0.800 bits per heavy atom. The SMILES string of the molecule is NC(N=Cc1ccccc1O)=NS(=O)(=O)c1ccc(N=Cc2ccccc2O)cc1. The summed E-state index contributed by atoms with van der Waals surface area (Å²) in [6, 6.07) is 18.8. The zero-order chi connectivity index (χ0) is 21.6. The molecule has 3 aromatic rings. The van der Waals surface area contributed by atoms with E-state index in [0.29, 0.717) is 16.8 Å². The Balaban J connectivity index is 1.75. The first-order chi connectivity index (χ1) is 14.3. The number of phenols is 2. The summed E-state index contributed by atoms with van der Waals surface area (Å²) in [5.74, 6) is -0.397. The summed E-state index contributed by atoms with van der Waals surface area (Å²) < 4.78 is 28.3. The first-order valence-corrected chi connectivity index (χ1v) is 10.1. The third-order valence-electron chi connectivity index (χ3n) is 3.91. The van der Waals surface area contributed by atoms with Gasteiger partial charge in [0, 0.05) is 23.6 Å². The quantitative estimate of drug-likeness (QED) is 0.429. The predicted molar refractivity (Wildman–Crippen MR) is 116 cm³/mol. The van der Waals surface area contributed by atoms with Crippen LogP contribution in [0, 0.1) is 0 Å². The number of aromatic hydroxyl groups is 2. The normalized spacial score (nSPS) is 12.6. The summed E-state index contributed by atoms with van der Waals surface area (Å²) in [5.41, 5.74) is 7.00. The first kappa shape index (κ1) is 20.7. The lowest BCUT2D eigenvalue weighted by Crippen LogP contribution is -2.12. The molecule has 3 rings (SSSR count). The second-order valence-electron chi connectivity index (χ2n) is 6.05. The summed E-state index contributed by atoms with van der Waals surface area (Å²) in [7, 11) is -4.07. The summed E-state index contributed by atoms with van der Waals surface area (Å²) in [6.45, 7) is 0. The number of nitrogens with zero attached hydrogens (tertiary/aromatic N) is 3. The lowest BCUT2D eigenvalue weighted by Gasteiger charge is -2.01. The molecule has 30 heavy (non-hydrogen) atoms. The van der Waals surface area contributed by atoms with Gasteiger partial charge in [-0.25, -0.2) is 4.99 Å². The van der Waals surface area contributed by atoms with Crippen LogP contribution in [0.1, 0.15) is 11.1 Å². The van der Waals surface area contributed by atoms with Crippen molar-refractivity contribution in [1.82, 2.24) is 0 Å². The molecule has 0 saturated heterocycles. The number of rotatable bonds is 5. The van der Waals surface area contributed by atoms with Gasteiger partial charge >= 0.3 is 0 Å². The second-order valence-corrected chi connectivity index (χ2v) is 7.66. The minimum absolute atomic E-state index is 0.0168. The van der Waals surface area contributed by atoms with Crippen molar-refractivity contribution in [2.45, 2.75) is 4.90 Å². The van der Waals surface area contributed by atoms with Gasteiger partial charge in [0.25, 0.3) is 10.0 Å². The molecule has 152 valence electrons. The van der Waals surface area contributed by atoms with Crippen LogP contribution in [-0.4, -0.2) is 37.0 Å². The Bertz CT molecular complexity index is 1230. The number of hydrogen-bond donors (Lipinski definition) is 3. The van der Waals surface area contributed by atoms with E-state index in [4.69, 9.17) is 5.73 Å². The van der Waals surface area contributed by atoms with Crippen LogP contribution in [0.25, 0.3) is 0 Å². The molecule has 0 amide bonds. The van der Waals surface area contributed by atoms with Gasteiger partial charge in [-0.15, -0.1) is 4.40 Å². The van der Waals surface area contributed by atoms with E-state index in [1.165, 1.54) is 42.8 Å². The lowest BCUT2D eigenvalue weighted by molar-refractivity contribution is 0.474. The molecule has 0 radical (unpaired) electrons. The Kier molecular flexibility index (Phi) is 6.23. The van der Waals surface area contributed by atoms with Gasteiger partial charge in [0.2, 0.25) is 5.96 Å². The van der Waals surface area contributed by atoms with Crippen LogP contribution in [0.3, 0.4) is 0 Å². The molecule has 0 aliphatic heterocycles. The van der Waals surface area contributed by atoms with Gasteiger partial charge in [-0.2, -0.15) is 8.42 Å². The predicted octanol–water partition coefficient (Wildman–Crippen LogP) is 2.97. The fourth-order valence-corrected chi connectivity index (χ4v) is 3.26. The summed E-state index contributed by atoms with van der Waals surface area (Å²) in [5, 5.41) is 19.4. The maximum atomic E-state index is 12.4. The molecule has 4 N–H and O–H groups in total. The smallest absolute Gasteiger partial charge is 0.285 e. The summed E-state index contributed by atoms with van der Waals surface area (Å²) in [4.78, 5) is 7.90. The average Bonchev–Trinajstić information content (AvgIpc) is 2.72. The minimum atomic E-state index is -4.07. The van der Waals surface area contributed by atoms with E-state index in [2.05, 4.69) is 14.4 Å². The topological polar surface area (TPSA) is 138 Å². The fraction of sp³-hybridized carbons (Fsp3) is 0. The van der Waals surface area contributed by atoms with Gasteiger partial charge in [-0.3, -0.25) is 4.99 Å². The molecule has 0 aliphatic carbocycles. The van der Waals surface area contributed by atoms with E-state index in [9.17, 15) is 18.6 Å². The molecule has 0 saturated carbocycles. The highest BCUT2D eigenvalue weighted by molar-refractivity contribution is 7.90. The van der Waals surface area contributed by atoms with Crippen molar-refractivity contribution in [2.24, 2.45) is 20.1 Å². The van der Waals surface area contributed by atoms with E-state index in [0.717, 1.165) is 0 Å². The molecule has 0 aliphatic rings. The molecule has 0 heterocycles. The highest BCUT2D eigenvalue weighted by atomic mass is 32.2. The van der Waals surface area contributed by atoms with Crippen molar-refractivity contribution in [2.75, 3.05) is 0 Å². The second kappa shape index (κ2) is 9.01. The maximum absolute atomic E-state index is 12.4. The van der Waals surface area contributed by atoms with E-state index < -0.39 is 16.0 Å². The van der Waals surface area contributed by atoms with Gasteiger partial charge in [0.1, 0.15) is 11.5 Å². The Morgan fingerprint density at radius 3 is 1.90 bits per heavy atom. The molecule has 8 nitrogen and oxygen atoms in total. The number of nitrogens with two attached hydrogens (primary N) is 1. The van der Waals surface area contributed by atoms with E-state index >= 15 is 0 Å². The van der Waals surface area contributed by atoms with Gasteiger partial charge in [-0.1, -0.05) is 24.3 Å². The van der Waals surface area contributed by atoms with Crippen LogP contribution in [0.4, 0.5) is 5.69 Å². The van der Waals surface area contributed by atoms with Crippen LogP contribution in [-0.2, 0) is 10.0 Å². The Morgan fingerprint density at radius 2 is 1.33 bits per heavy atom. The molecular weight excluding hydrogens is 404 g/mol. The molecule has 0 unspecified atom stereocenters. The average molecular weight is 422 g/mol. The highest BCUT2D eigenvalue weighted by Crippen LogP contribution is 2.20. The van der Waals surface area contributed by atoms with Crippen molar-refractivity contribution >= 4 is 34.1 Å². The standard InChI is InChI=1S/C21H18N4O4S/c22-21(24-14-16-6-2-4-8-20(16)27)25-30(28,29)18-11-9-17(10-12-18)23-13-15-5-1-3-7-19(15)26/h1-14,26-27H,(H2,22,25). The molecule has 0 aromatic heterocycles. The molecule has 9 heteroatoms. The van der Waals surface area contributed by atoms with E-state index in [1.54, 1.807) is 42.5 Å². The van der Waals surface area contributed by atoms with E-state index in [1.807, 2.05) is 0 Å². The first-order valence-electron chi connectivity index (χ1n) is 8.70. The van der Waals surface area contributed by atoms with Crippen molar-refractivity contribution < 1.29 is 18.6 Å². The molecule has 0 spiro atoms.